The maximum Gasteiger partial charge on any atom is 0.295 e. The van der Waals surface area contributed by atoms with Gasteiger partial charge < -0.3 is 29.1 Å². The summed E-state index contributed by atoms with van der Waals surface area (Å²) in [5.41, 5.74) is 2.21. The van der Waals surface area contributed by atoms with Crippen molar-refractivity contribution in [1.29, 1.82) is 0 Å². The molecule has 2 aliphatic heterocycles. The number of hydrogen-bond donors (Lipinski definition) is 1. The second kappa shape index (κ2) is 12.6. The average molecular weight is 537 g/mol. The van der Waals surface area contributed by atoms with Crippen molar-refractivity contribution in [3.05, 3.63) is 58.7 Å². The third-order valence-electron chi connectivity index (χ3n) is 7.09. The Balaban J connectivity index is 1.77. The highest BCUT2D eigenvalue weighted by Gasteiger charge is 2.46. The number of fused-ring (bicyclic) bond motifs is 1. The van der Waals surface area contributed by atoms with E-state index in [1.807, 2.05) is 63.2 Å². The first-order chi connectivity index (χ1) is 18.7. The minimum absolute atomic E-state index is 0.0497. The number of likely N-dealkylation sites (N-methyl/N-ethyl adjacent to an activating group) is 1. The van der Waals surface area contributed by atoms with Crippen molar-refractivity contribution in [2.45, 2.75) is 58.6 Å². The van der Waals surface area contributed by atoms with Crippen LogP contribution in [0.5, 0.6) is 17.2 Å². The molecule has 1 fully saturated rings. The second-order valence-corrected chi connectivity index (χ2v) is 10.4. The van der Waals surface area contributed by atoms with Crippen LogP contribution in [-0.4, -0.2) is 73.1 Å². The molecule has 2 aliphatic rings. The van der Waals surface area contributed by atoms with E-state index in [-0.39, 0.29) is 17.4 Å². The smallest absolute Gasteiger partial charge is 0.295 e. The zero-order valence-corrected chi connectivity index (χ0v) is 23.7. The largest absolute Gasteiger partial charge is 0.507 e. The highest BCUT2D eigenvalue weighted by Crippen LogP contribution is 2.42. The molecule has 4 rings (SSSR count). The summed E-state index contributed by atoms with van der Waals surface area (Å²) in [7, 11) is 3.83. The molecule has 0 aromatic heterocycles. The Morgan fingerprint density at radius 1 is 1.08 bits per heavy atom. The van der Waals surface area contributed by atoms with Gasteiger partial charge >= 0.3 is 0 Å². The van der Waals surface area contributed by atoms with Gasteiger partial charge in [-0.3, -0.25) is 9.59 Å². The Kier molecular flexibility index (Phi) is 9.17. The molecule has 1 N–H and O–H groups in total. The summed E-state index contributed by atoms with van der Waals surface area (Å²) in [5, 5.41) is 11.5. The molecule has 0 saturated carbocycles. The number of carbonyl (C=O) groups excluding carboxylic acids is 2. The first-order valence-corrected chi connectivity index (χ1v) is 13.9. The van der Waals surface area contributed by atoms with Gasteiger partial charge in [0.1, 0.15) is 17.6 Å². The Morgan fingerprint density at radius 2 is 1.87 bits per heavy atom. The highest BCUT2D eigenvalue weighted by atomic mass is 16.5. The van der Waals surface area contributed by atoms with Gasteiger partial charge in [-0.25, -0.2) is 0 Å². The van der Waals surface area contributed by atoms with Crippen molar-refractivity contribution in [2.75, 3.05) is 40.4 Å². The van der Waals surface area contributed by atoms with Gasteiger partial charge in [0.25, 0.3) is 11.7 Å². The Morgan fingerprint density at radius 3 is 2.59 bits per heavy atom. The summed E-state index contributed by atoms with van der Waals surface area (Å²) in [5.74, 6) is 0.436. The molecule has 8 heteroatoms. The number of likely N-dealkylation sites (tertiary alicyclic amines) is 1. The number of amides is 1. The zero-order valence-electron chi connectivity index (χ0n) is 23.7. The van der Waals surface area contributed by atoms with Gasteiger partial charge in [0.05, 0.1) is 24.8 Å². The number of rotatable bonds is 12. The number of aliphatic hydroxyl groups excluding tert-OH is 1. The molecule has 2 heterocycles. The number of aliphatic hydroxyl groups is 1. The number of ether oxygens (including phenoxy) is 3. The molecule has 0 spiro atoms. The van der Waals surface area contributed by atoms with E-state index in [0.717, 1.165) is 30.6 Å². The molecule has 0 aliphatic carbocycles. The quantitative estimate of drug-likeness (QED) is 0.178. The Labute approximate surface area is 231 Å². The minimum atomic E-state index is -0.762. The number of carbonyl (C=O) groups is 2. The van der Waals surface area contributed by atoms with Crippen LogP contribution in [-0.2, 0) is 16.0 Å². The molecule has 210 valence electrons. The monoisotopic (exact) mass is 536 g/mol. The summed E-state index contributed by atoms with van der Waals surface area (Å²) in [6, 6.07) is 10.1. The number of hydrogen-bond acceptors (Lipinski definition) is 7. The topological polar surface area (TPSA) is 88.5 Å². The molecule has 39 heavy (non-hydrogen) atoms. The van der Waals surface area contributed by atoms with Crippen LogP contribution in [0.15, 0.2) is 42.0 Å². The van der Waals surface area contributed by atoms with E-state index in [1.165, 1.54) is 0 Å². The Bertz CT molecular complexity index is 1240. The standard InChI is InChI=1S/C31H40N2O6/c1-6-8-9-16-38-25-13-10-21(19-26(25)37-7-2)28-27(30(35)31(36)33(28)15-14-32(4)5)29(34)22-11-12-24-23(18-22)17-20(3)39-24/h10-13,18-20,28,34H,6-9,14-17H2,1-5H3/b29-27+/t20-,28-/m1/s1. The fourth-order valence-electron chi connectivity index (χ4n) is 5.11. The van der Waals surface area contributed by atoms with Crippen molar-refractivity contribution in [1.82, 2.24) is 9.80 Å². The molecule has 0 unspecified atom stereocenters. The van der Waals surface area contributed by atoms with Crippen LogP contribution in [0.2, 0.25) is 0 Å². The molecular weight excluding hydrogens is 496 g/mol. The maximum atomic E-state index is 13.4. The van der Waals surface area contributed by atoms with Gasteiger partial charge in [-0.15, -0.1) is 0 Å². The highest BCUT2D eigenvalue weighted by molar-refractivity contribution is 6.46. The van der Waals surface area contributed by atoms with Crippen molar-refractivity contribution < 1.29 is 28.9 Å². The van der Waals surface area contributed by atoms with Gasteiger partial charge in [-0.2, -0.15) is 0 Å². The van der Waals surface area contributed by atoms with Crippen LogP contribution in [0.4, 0.5) is 0 Å². The molecule has 2 aromatic rings. The van der Waals surface area contributed by atoms with E-state index < -0.39 is 17.7 Å². The number of Topliss-reactive ketones (excluding diaryl/α,β-unsaturated/α-hetero) is 1. The van der Waals surface area contributed by atoms with E-state index in [4.69, 9.17) is 14.2 Å². The minimum Gasteiger partial charge on any atom is -0.507 e. The molecule has 2 aromatic carbocycles. The van der Waals surface area contributed by atoms with Crippen LogP contribution in [0, 0.1) is 0 Å². The van der Waals surface area contributed by atoms with E-state index >= 15 is 0 Å². The summed E-state index contributed by atoms with van der Waals surface area (Å²) in [6.07, 6.45) is 3.89. The lowest BCUT2D eigenvalue weighted by atomic mass is 9.94. The molecule has 8 nitrogen and oxygen atoms in total. The summed E-state index contributed by atoms with van der Waals surface area (Å²) in [6.45, 7) is 7.94. The van der Waals surface area contributed by atoms with Gasteiger partial charge in [0.15, 0.2) is 11.5 Å². The fourth-order valence-corrected chi connectivity index (χ4v) is 5.11. The van der Waals surface area contributed by atoms with E-state index in [9.17, 15) is 14.7 Å². The van der Waals surface area contributed by atoms with Crippen molar-refractivity contribution in [3.63, 3.8) is 0 Å². The maximum absolute atomic E-state index is 13.4. The SMILES string of the molecule is CCCCCOc1ccc([C@@H]2/C(=C(\O)c3ccc4c(c3)C[C@@H](C)O4)C(=O)C(=O)N2CCN(C)C)cc1OCC. The van der Waals surface area contributed by atoms with E-state index in [0.29, 0.717) is 55.4 Å². The van der Waals surface area contributed by atoms with Crippen LogP contribution in [0.1, 0.15) is 62.8 Å². The first-order valence-electron chi connectivity index (χ1n) is 13.9. The number of ketones is 1. The average Bonchev–Trinajstić information content (AvgIpc) is 3.40. The van der Waals surface area contributed by atoms with Crippen LogP contribution >= 0.6 is 0 Å². The predicted molar refractivity (Wildman–Crippen MR) is 150 cm³/mol. The number of nitrogens with zero attached hydrogens (tertiary/aromatic N) is 2. The summed E-state index contributed by atoms with van der Waals surface area (Å²) < 4.78 is 17.7. The van der Waals surface area contributed by atoms with Gasteiger partial charge in [0.2, 0.25) is 0 Å². The number of unbranched alkanes of at least 4 members (excludes halogenated alkanes) is 2. The molecule has 1 amide bonds. The second-order valence-electron chi connectivity index (χ2n) is 10.4. The lowest BCUT2D eigenvalue weighted by Gasteiger charge is -2.27. The Hall–Kier alpha value is -3.52. The van der Waals surface area contributed by atoms with Crippen molar-refractivity contribution >= 4 is 17.4 Å². The molecule has 0 radical (unpaired) electrons. The number of benzene rings is 2. The van der Waals surface area contributed by atoms with Crippen LogP contribution < -0.4 is 14.2 Å². The van der Waals surface area contributed by atoms with E-state index in [1.54, 1.807) is 11.0 Å². The third kappa shape index (κ3) is 6.22. The van der Waals surface area contributed by atoms with Crippen LogP contribution in [0.3, 0.4) is 0 Å². The molecular formula is C31H40N2O6. The van der Waals surface area contributed by atoms with E-state index in [2.05, 4.69) is 6.92 Å². The summed E-state index contributed by atoms with van der Waals surface area (Å²) in [4.78, 5) is 30.2. The van der Waals surface area contributed by atoms with Gasteiger partial charge in [-0.1, -0.05) is 25.8 Å². The normalized spacial score (nSPS) is 19.9. The molecule has 1 saturated heterocycles. The van der Waals surface area contributed by atoms with Gasteiger partial charge in [-0.05, 0) is 75.8 Å². The van der Waals surface area contributed by atoms with Gasteiger partial charge in [0, 0.05) is 25.1 Å². The third-order valence-corrected chi connectivity index (χ3v) is 7.09. The summed E-state index contributed by atoms with van der Waals surface area (Å²) >= 11 is 0. The fraction of sp³-hybridized carbons (Fsp3) is 0.484. The lowest BCUT2D eigenvalue weighted by Crippen LogP contribution is -2.35. The molecule has 0 bridgehead atoms. The predicted octanol–water partition coefficient (Wildman–Crippen LogP) is 4.96. The lowest BCUT2D eigenvalue weighted by molar-refractivity contribution is -0.140. The molecule has 2 atom stereocenters. The van der Waals surface area contributed by atoms with Crippen LogP contribution in [0.25, 0.3) is 5.76 Å². The van der Waals surface area contributed by atoms with Crippen molar-refractivity contribution in [3.8, 4) is 17.2 Å². The first kappa shape index (κ1) is 28.5. The zero-order chi connectivity index (χ0) is 28.1. The van der Waals surface area contributed by atoms with Crippen molar-refractivity contribution in [2.24, 2.45) is 0 Å².